The van der Waals surface area contributed by atoms with Crippen LogP contribution < -0.4 is 15.0 Å². The summed E-state index contributed by atoms with van der Waals surface area (Å²) in [4.78, 5) is 57.7. The molecule has 4 aromatic rings. The average molecular weight is 969 g/mol. The van der Waals surface area contributed by atoms with Crippen LogP contribution in [0.5, 0.6) is 6.01 Å². The van der Waals surface area contributed by atoms with Crippen LogP contribution in [0, 0.1) is 18.2 Å². The van der Waals surface area contributed by atoms with Crippen LogP contribution in [0.3, 0.4) is 0 Å². The number of esters is 1. The van der Waals surface area contributed by atoms with Crippen LogP contribution in [0.2, 0.25) is 5.02 Å². The first-order valence-electron chi connectivity index (χ1n) is 22.8. The highest BCUT2D eigenvalue weighted by molar-refractivity contribution is 7.24. The molecule has 3 atom stereocenters. The van der Waals surface area contributed by atoms with Crippen molar-refractivity contribution >= 4 is 78.6 Å². The van der Waals surface area contributed by atoms with E-state index in [1.165, 1.54) is 12.1 Å². The van der Waals surface area contributed by atoms with E-state index in [-0.39, 0.29) is 98.3 Å². The molecule has 15 nitrogen and oxygen atoms in total. The van der Waals surface area contributed by atoms with Crippen molar-refractivity contribution in [3.63, 3.8) is 0 Å². The zero-order chi connectivity index (χ0) is 48.6. The average Bonchev–Trinajstić information content (AvgIpc) is 3.90. The fourth-order valence-corrected chi connectivity index (χ4v) is 10.3. The Bertz CT molecular complexity index is 2550. The smallest absolute Gasteiger partial charge is 0.411 e. The third-order valence-corrected chi connectivity index (χ3v) is 12.9. The summed E-state index contributed by atoms with van der Waals surface area (Å²) >= 11 is 7.89. The van der Waals surface area contributed by atoms with Gasteiger partial charge in [0.1, 0.15) is 45.6 Å². The minimum atomic E-state index is -0.843. The lowest BCUT2D eigenvalue weighted by molar-refractivity contribution is -0.156. The normalized spacial score (nSPS) is 18.9. The van der Waals surface area contributed by atoms with Crippen molar-refractivity contribution in [2.45, 2.75) is 136 Å². The van der Waals surface area contributed by atoms with Gasteiger partial charge in [-0.2, -0.15) is 9.97 Å². The Morgan fingerprint density at radius 2 is 1.63 bits per heavy atom. The maximum atomic E-state index is 17.6. The van der Waals surface area contributed by atoms with Crippen molar-refractivity contribution in [1.29, 1.82) is 0 Å². The molecule has 7 rings (SSSR count). The molecule has 3 aliphatic heterocycles. The number of nitrogens with one attached hydrogen (secondary N) is 1. The number of aromatic nitrogens is 2. The number of halogens is 3. The minimum absolute atomic E-state index is 0.0179. The molecule has 0 aliphatic carbocycles. The number of ether oxygens (including phenoxy) is 5. The van der Waals surface area contributed by atoms with Gasteiger partial charge in [-0.3, -0.25) is 19.9 Å². The SMILES string of the molecule is [C-]#[N+]c1c(NC(=O)OC(C)(C)C)sc2c(F)ccc(-c3c(Cl)cc4c(N5CC6CCC(C5)N6C(=O)OC(C)(C)C)nc(OC[C@@H]5CCCN5CCCOCCC(=O)OC(C)(C)C)nc4c3F)c12. The highest BCUT2D eigenvalue weighted by Gasteiger charge is 2.45. The number of carbonyl (C=O) groups excluding carboxylic acids is 3. The number of rotatable bonds is 13. The zero-order valence-electron chi connectivity index (χ0n) is 39.6. The third-order valence-electron chi connectivity index (χ3n) is 11.5. The molecule has 3 fully saturated rings. The summed E-state index contributed by atoms with van der Waals surface area (Å²) in [6.45, 7) is 27.5. The Morgan fingerprint density at radius 3 is 2.28 bits per heavy atom. The molecule has 2 amide bonds. The first kappa shape index (κ1) is 49.8. The summed E-state index contributed by atoms with van der Waals surface area (Å²) < 4.78 is 61.9. The van der Waals surface area contributed by atoms with Crippen LogP contribution in [0.15, 0.2) is 18.2 Å². The number of fused-ring (bicyclic) bond motifs is 4. The van der Waals surface area contributed by atoms with E-state index in [0.717, 1.165) is 56.5 Å². The first-order chi connectivity index (χ1) is 31.5. The Hall–Kier alpha value is -5.09. The monoisotopic (exact) mass is 967 g/mol. The lowest BCUT2D eigenvalue weighted by Gasteiger charge is -2.42. The van der Waals surface area contributed by atoms with Gasteiger partial charge in [0.15, 0.2) is 5.82 Å². The summed E-state index contributed by atoms with van der Waals surface area (Å²) in [6, 6.07) is 3.67. The van der Waals surface area contributed by atoms with Crippen LogP contribution in [0.25, 0.3) is 37.0 Å². The summed E-state index contributed by atoms with van der Waals surface area (Å²) in [5, 5.41) is 2.95. The highest BCUT2D eigenvalue weighted by atomic mass is 35.5. The molecule has 5 heterocycles. The Labute approximate surface area is 399 Å². The van der Waals surface area contributed by atoms with Crippen LogP contribution in [-0.2, 0) is 23.7 Å². The van der Waals surface area contributed by atoms with E-state index in [2.05, 4.69) is 20.0 Å². The van der Waals surface area contributed by atoms with Crippen LogP contribution in [0.1, 0.15) is 101 Å². The van der Waals surface area contributed by atoms with E-state index < -0.39 is 34.5 Å². The molecular weight excluding hydrogens is 908 g/mol. The summed E-state index contributed by atoms with van der Waals surface area (Å²) in [7, 11) is 0. The van der Waals surface area contributed by atoms with Crippen molar-refractivity contribution < 1.29 is 46.8 Å². The lowest BCUT2D eigenvalue weighted by atomic mass is 9.98. The van der Waals surface area contributed by atoms with Gasteiger partial charge in [-0.1, -0.05) is 17.7 Å². The van der Waals surface area contributed by atoms with Crippen molar-refractivity contribution in [2.24, 2.45) is 0 Å². The number of hydrogen-bond donors (Lipinski definition) is 1. The van der Waals surface area contributed by atoms with Gasteiger partial charge >= 0.3 is 24.2 Å². The van der Waals surface area contributed by atoms with Crippen LogP contribution >= 0.6 is 22.9 Å². The highest BCUT2D eigenvalue weighted by Crippen LogP contribution is 2.50. The second-order valence-corrected chi connectivity index (χ2v) is 21.6. The van der Waals surface area contributed by atoms with Gasteiger partial charge < -0.3 is 28.6 Å². The molecule has 2 aromatic carbocycles. The van der Waals surface area contributed by atoms with E-state index in [0.29, 0.717) is 30.9 Å². The van der Waals surface area contributed by atoms with E-state index >= 15 is 8.78 Å². The number of carbonyl (C=O) groups is 3. The number of benzene rings is 2. The van der Waals surface area contributed by atoms with E-state index in [9.17, 15) is 14.4 Å². The van der Waals surface area contributed by atoms with Crippen molar-refractivity contribution in [3.8, 4) is 17.1 Å². The Kier molecular flexibility index (Phi) is 14.8. The van der Waals surface area contributed by atoms with Gasteiger partial charge in [-0.05, 0) is 119 Å². The second kappa shape index (κ2) is 19.9. The van der Waals surface area contributed by atoms with E-state index in [4.69, 9.17) is 46.8 Å². The standard InChI is InChI=1S/C48H60ClF2N7O8S/c1-46(2,3)64-34(59)18-22-62-21-12-20-56-19-11-13-29(56)26-63-43-53-38-31(41(54-43)57-24-27-14-15-28(25-57)58(27)45(61)66-48(7,8)9)23-32(49)35(37(38)51)30-16-17-33(50)40-36(30)39(52-10)42(67-40)55-44(60)65-47(4,5)6/h16-17,23,27-29H,11-15,18-22,24-26H2,1-9H3,(H,55,60)/t27?,28?,29-/m0/s1. The number of likely N-dealkylation sites (tertiary alicyclic amines) is 1. The maximum absolute atomic E-state index is 17.6. The van der Waals surface area contributed by atoms with Gasteiger partial charge in [0.05, 0.1) is 41.4 Å². The lowest BCUT2D eigenvalue weighted by Crippen LogP contribution is -2.57. The predicted molar refractivity (Wildman–Crippen MR) is 254 cm³/mol. The molecular formula is C48H60ClF2N7O8S. The van der Waals surface area contributed by atoms with Gasteiger partial charge in [0.2, 0.25) is 5.69 Å². The number of nitrogens with zero attached hydrogens (tertiary/aromatic N) is 6. The first-order valence-corrected chi connectivity index (χ1v) is 23.9. The molecule has 2 bridgehead atoms. The number of anilines is 2. The van der Waals surface area contributed by atoms with Crippen molar-refractivity contribution in [1.82, 2.24) is 19.8 Å². The van der Waals surface area contributed by atoms with Gasteiger partial charge in [0, 0.05) is 48.6 Å². The van der Waals surface area contributed by atoms with Crippen LogP contribution in [0.4, 0.5) is 34.9 Å². The summed E-state index contributed by atoms with van der Waals surface area (Å²) in [6.07, 6.45) is 3.00. The fourth-order valence-electron chi connectivity index (χ4n) is 8.92. The summed E-state index contributed by atoms with van der Waals surface area (Å²) in [5.41, 5.74) is -2.26. The molecule has 0 saturated carbocycles. The molecule has 3 saturated heterocycles. The number of thiophene rings is 1. The van der Waals surface area contributed by atoms with Gasteiger partial charge in [0.25, 0.3) is 0 Å². The molecule has 2 unspecified atom stereocenters. The largest absolute Gasteiger partial charge is 0.462 e. The number of amides is 2. The van der Waals surface area contributed by atoms with Gasteiger partial charge in [-0.15, -0.1) is 11.3 Å². The molecule has 67 heavy (non-hydrogen) atoms. The quantitative estimate of drug-likeness (QED) is 0.0588. The molecule has 3 aliphatic rings. The van der Waals surface area contributed by atoms with E-state index in [1.807, 2.05) is 46.4 Å². The predicted octanol–water partition coefficient (Wildman–Crippen LogP) is 10.9. The molecule has 1 N–H and O–H groups in total. The van der Waals surface area contributed by atoms with E-state index in [1.54, 1.807) is 31.7 Å². The van der Waals surface area contributed by atoms with Crippen molar-refractivity contribution in [3.05, 3.63) is 46.3 Å². The number of piperazine rings is 1. The summed E-state index contributed by atoms with van der Waals surface area (Å²) in [5.74, 6) is -1.43. The minimum Gasteiger partial charge on any atom is -0.462 e. The van der Waals surface area contributed by atoms with Crippen LogP contribution in [-0.4, -0.2) is 119 Å². The zero-order valence-corrected chi connectivity index (χ0v) is 41.2. The third kappa shape index (κ3) is 11.8. The second-order valence-electron chi connectivity index (χ2n) is 20.2. The number of hydrogen-bond acceptors (Lipinski definition) is 13. The Balaban J connectivity index is 1.20. The molecule has 0 radical (unpaired) electrons. The van der Waals surface area contributed by atoms with Gasteiger partial charge in [-0.25, -0.2) is 23.2 Å². The topological polar surface area (TPSA) is 149 Å². The molecule has 19 heteroatoms. The molecule has 0 spiro atoms. The molecule has 2 aromatic heterocycles. The maximum Gasteiger partial charge on any atom is 0.411 e. The Morgan fingerprint density at radius 1 is 0.940 bits per heavy atom. The fraction of sp³-hybridized carbons (Fsp3) is 0.583. The molecule has 362 valence electrons. The van der Waals surface area contributed by atoms with Crippen molar-refractivity contribution in [2.75, 3.05) is 56.2 Å².